The van der Waals surface area contributed by atoms with E-state index in [4.69, 9.17) is 16.7 Å². The first-order valence-corrected chi connectivity index (χ1v) is 4.00. The third-order valence-electron chi connectivity index (χ3n) is 1.81. The maximum Gasteiger partial charge on any atom is 0.354 e. The summed E-state index contributed by atoms with van der Waals surface area (Å²) in [5.41, 5.74) is 0.543. The van der Waals surface area contributed by atoms with E-state index in [2.05, 4.69) is 9.98 Å². The van der Waals surface area contributed by atoms with Crippen LogP contribution in [0.25, 0.3) is 0 Å². The largest absolute Gasteiger partial charge is 0.477 e. The summed E-state index contributed by atoms with van der Waals surface area (Å²) in [5.74, 6) is -1.17. The van der Waals surface area contributed by atoms with Crippen LogP contribution in [0.5, 0.6) is 0 Å². The Morgan fingerprint density at radius 2 is 2.38 bits per heavy atom. The predicted octanol–water partition coefficient (Wildman–Crippen LogP) is 1.19. The van der Waals surface area contributed by atoms with Crippen molar-refractivity contribution in [2.75, 3.05) is 0 Å². The van der Waals surface area contributed by atoms with Gasteiger partial charge in [0.15, 0.2) is 5.17 Å². The number of allylic oxidation sites excluding steroid dienone is 2. The van der Waals surface area contributed by atoms with E-state index in [1.165, 1.54) is 0 Å². The lowest BCUT2D eigenvalue weighted by atomic mass is 10.0. The average Bonchev–Trinajstić information content (AvgIpc) is 2.49. The summed E-state index contributed by atoms with van der Waals surface area (Å²) < 4.78 is 0. The molecule has 0 amide bonds. The fourth-order valence-corrected chi connectivity index (χ4v) is 1.43. The molecule has 0 aromatic carbocycles. The smallest absolute Gasteiger partial charge is 0.354 e. The van der Waals surface area contributed by atoms with Crippen LogP contribution >= 0.6 is 11.6 Å². The van der Waals surface area contributed by atoms with Gasteiger partial charge in [-0.3, -0.25) is 0 Å². The second-order valence-electron chi connectivity index (χ2n) is 2.64. The Labute approximate surface area is 79.0 Å². The summed E-state index contributed by atoms with van der Waals surface area (Å²) in [6.45, 7) is 0. The number of carbonyl (C=O) groups is 1. The molecular weight excluding hydrogens is 192 g/mol. The lowest BCUT2D eigenvalue weighted by Gasteiger charge is -2.07. The van der Waals surface area contributed by atoms with Gasteiger partial charge in [-0.2, -0.15) is 0 Å². The number of nitrogens with zero attached hydrogens (tertiary/aromatic N) is 2. The van der Waals surface area contributed by atoms with Crippen LogP contribution in [0, 0.1) is 5.92 Å². The molecule has 1 atom stereocenters. The molecule has 0 unspecified atom stereocenters. The van der Waals surface area contributed by atoms with Gasteiger partial charge in [-0.05, 0) is 6.08 Å². The van der Waals surface area contributed by atoms with Gasteiger partial charge in [-0.15, -0.1) is 0 Å². The topological polar surface area (TPSA) is 62.0 Å². The normalized spacial score (nSPS) is 24.7. The fourth-order valence-electron chi connectivity index (χ4n) is 1.21. The van der Waals surface area contributed by atoms with E-state index in [1.54, 1.807) is 18.4 Å². The first-order valence-electron chi connectivity index (χ1n) is 3.62. The van der Waals surface area contributed by atoms with Gasteiger partial charge >= 0.3 is 5.97 Å². The molecule has 0 fully saturated rings. The Bertz CT molecular complexity index is 393. The van der Waals surface area contributed by atoms with E-state index in [9.17, 15) is 4.79 Å². The molecule has 0 bridgehead atoms. The number of hydrogen-bond acceptors (Lipinski definition) is 3. The molecule has 0 aliphatic carbocycles. The summed E-state index contributed by atoms with van der Waals surface area (Å²) in [7, 11) is 0. The Morgan fingerprint density at radius 3 is 3.00 bits per heavy atom. The predicted molar refractivity (Wildman–Crippen MR) is 49.1 cm³/mol. The molecular formula is C8H5ClN2O2. The van der Waals surface area contributed by atoms with Crippen molar-refractivity contribution in [1.82, 2.24) is 0 Å². The maximum atomic E-state index is 10.6. The van der Waals surface area contributed by atoms with Crippen molar-refractivity contribution in [3.05, 3.63) is 24.0 Å². The van der Waals surface area contributed by atoms with Gasteiger partial charge < -0.3 is 5.11 Å². The van der Waals surface area contributed by atoms with Gasteiger partial charge in [0.1, 0.15) is 5.70 Å². The van der Waals surface area contributed by atoms with E-state index in [0.29, 0.717) is 5.71 Å². The van der Waals surface area contributed by atoms with Gasteiger partial charge in [0, 0.05) is 12.1 Å². The maximum absolute atomic E-state index is 10.6. The van der Waals surface area contributed by atoms with Crippen molar-refractivity contribution in [2.45, 2.75) is 0 Å². The number of carboxylic acid groups (broad SMARTS) is 1. The first-order chi connectivity index (χ1) is 6.18. The molecule has 1 N–H and O–H groups in total. The molecule has 13 heavy (non-hydrogen) atoms. The average molecular weight is 197 g/mol. The van der Waals surface area contributed by atoms with Crippen LogP contribution in [0.4, 0.5) is 0 Å². The molecule has 2 aliphatic heterocycles. The number of carboxylic acids is 1. The molecule has 0 saturated heterocycles. The second-order valence-corrected chi connectivity index (χ2v) is 3.00. The van der Waals surface area contributed by atoms with Crippen molar-refractivity contribution in [2.24, 2.45) is 15.9 Å². The molecule has 4 nitrogen and oxygen atoms in total. The molecule has 0 saturated carbocycles. The lowest BCUT2D eigenvalue weighted by Crippen LogP contribution is -2.16. The summed E-state index contributed by atoms with van der Waals surface area (Å²) in [6.07, 6.45) is 4.85. The van der Waals surface area contributed by atoms with Crippen molar-refractivity contribution in [3.8, 4) is 0 Å². The van der Waals surface area contributed by atoms with Crippen LogP contribution in [-0.4, -0.2) is 22.0 Å². The number of aliphatic imine (C=N–C) groups is 2. The fraction of sp³-hybridized carbons (Fsp3) is 0.125. The SMILES string of the molecule is O=C(O)C1=C[C@@H]2C=CN=C(Cl)C2=N1. The Balaban J connectivity index is 2.40. The van der Waals surface area contributed by atoms with Crippen molar-refractivity contribution in [3.63, 3.8) is 0 Å². The van der Waals surface area contributed by atoms with Crippen LogP contribution in [0.3, 0.4) is 0 Å². The number of aliphatic carboxylic acids is 1. The minimum absolute atomic E-state index is 0.0277. The van der Waals surface area contributed by atoms with Crippen LogP contribution in [0.1, 0.15) is 0 Å². The van der Waals surface area contributed by atoms with Crippen molar-refractivity contribution < 1.29 is 9.90 Å². The van der Waals surface area contributed by atoms with E-state index >= 15 is 0 Å². The summed E-state index contributed by atoms with van der Waals surface area (Å²) in [4.78, 5) is 18.2. The van der Waals surface area contributed by atoms with Gasteiger partial charge in [-0.25, -0.2) is 14.8 Å². The van der Waals surface area contributed by atoms with E-state index in [0.717, 1.165) is 0 Å². The number of rotatable bonds is 1. The molecule has 0 spiro atoms. The van der Waals surface area contributed by atoms with E-state index in [-0.39, 0.29) is 16.8 Å². The quantitative estimate of drug-likeness (QED) is 0.685. The minimum atomic E-state index is -1.04. The number of hydrogen-bond donors (Lipinski definition) is 1. The van der Waals surface area contributed by atoms with Crippen LogP contribution in [0.15, 0.2) is 34.0 Å². The highest BCUT2D eigenvalue weighted by molar-refractivity contribution is 6.84. The molecule has 5 heteroatoms. The zero-order chi connectivity index (χ0) is 9.42. The molecule has 0 aromatic rings. The van der Waals surface area contributed by atoms with Crippen LogP contribution < -0.4 is 0 Å². The lowest BCUT2D eigenvalue weighted by molar-refractivity contribution is -0.132. The number of fused-ring (bicyclic) bond motifs is 1. The third-order valence-corrected chi connectivity index (χ3v) is 2.10. The van der Waals surface area contributed by atoms with Gasteiger partial charge in [0.05, 0.1) is 5.71 Å². The second kappa shape index (κ2) is 2.81. The Morgan fingerprint density at radius 1 is 1.62 bits per heavy atom. The molecule has 66 valence electrons. The zero-order valence-corrected chi connectivity index (χ0v) is 7.19. The summed E-state index contributed by atoms with van der Waals surface area (Å²) in [5, 5.41) is 8.93. The third kappa shape index (κ3) is 1.29. The molecule has 2 rings (SSSR count). The first kappa shape index (κ1) is 8.19. The van der Waals surface area contributed by atoms with Gasteiger partial charge in [-0.1, -0.05) is 17.7 Å². The van der Waals surface area contributed by atoms with Crippen molar-refractivity contribution >= 4 is 28.5 Å². The zero-order valence-electron chi connectivity index (χ0n) is 6.44. The van der Waals surface area contributed by atoms with Crippen LogP contribution in [0.2, 0.25) is 0 Å². The van der Waals surface area contributed by atoms with E-state index < -0.39 is 5.97 Å². The van der Waals surface area contributed by atoms with Crippen molar-refractivity contribution in [1.29, 1.82) is 0 Å². The Hall–Kier alpha value is -1.42. The highest BCUT2D eigenvalue weighted by Crippen LogP contribution is 2.23. The van der Waals surface area contributed by atoms with Gasteiger partial charge in [0.2, 0.25) is 0 Å². The molecule has 0 radical (unpaired) electrons. The summed E-state index contributed by atoms with van der Waals surface area (Å²) >= 11 is 5.73. The highest BCUT2D eigenvalue weighted by atomic mass is 35.5. The Kier molecular flexibility index (Phi) is 1.77. The molecule has 2 heterocycles. The molecule has 2 aliphatic rings. The standard InChI is InChI=1S/C8H5ClN2O2/c9-7-6-4(1-2-10-7)3-5(11-6)8(12)13/h1-4H,(H,12,13)/t4-/m0/s1. The number of halogens is 1. The van der Waals surface area contributed by atoms with Crippen LogP contribution in [-0.2, 0) is 4.79 Å². The van der Waals surface area contributed by atoms with E-state index in [1.807, 2.05) is 0 Å². The minimum Gasteiger partial charge on any atom is -0.477 e. The summed E-state index contributed by atoms with van der Waals surface area (Å²) in [6, 6.07) is 0. The molecule has 0 aromatic heterocycles. The highest BCUT2D eigenvalue weighted by Gasteiger charge is 2.26. The monoisotopic (exact) mass is 196 g/mol. The van der Waals surface area contributed by atoms with Gasteiger partial charge in [0.25, 0.3) is 0 Å².